The fourth-order valence-electron chi connectivity index (χ4n) is 2.27. The van der Waals surface area contributed by atoms with Gasteiger partial charge in [-0.05, 0) is 44.2 Å². The van der Waals surface area contributed by atoms with Gasteiger partial charge in [-0.2, -0.15) is 0 Å². The molecule has 0 saturated carbocycles. The number of pyridine rings is 1. The predicted octanol–water partition coefficient (Wildman–Crippen LogP) is 2.86. The number of methoxy groups -OCH3 is 1. The number of aromatic hydroxyl groups is 1. The number of likely N-dealkylation sites (N-methyl/N-ethyl adjacent to an activating group) is 1. The predicted molar refractivity (Wildman–Crippen MR) is 83.5 cm³/mol. The molecule has 2 rings (SSSR count). The molecule has 0 spiro atoms. The van der Waals surface area contributed by atoms with Crippen LogP contribution in [0.2, 0.25) is 0 Å². The van der Waals surface area contributed by atoms with Crippen LogP contribution < -0.4 is 4.74 Å². The Hall–Kier alpha value is -2.07. The van der Waals surface area contributed by atoms with E-state index in [1.54, 1.807) is 13.2 Å². The minimum atomic E-state index is 0.198. The first-order chi connectivity index (χ1) is 10.1. The van der Waals surface area contributed by atoms with Gasteiger partial charge in [0, 0.05) is 12.6 Å². The summed E-state index contributed by atoms with van der Waals surface area (Å²) in [6, 6.07) is 12.0. The normalized spacial score (nSPS) is 12.4. The van der Waals surface area contributed by atoms with Crippen molar-refractivity contribution in [1.82, 2.24) is 9.88 Å². The van der Waals surface area contributed by atoms with Crippen LogP contribution in [0.25, 0.3) is 0 Å². The molecule has 0 aliphatic heterocycles. The molecule has 21 heavy (non-hydrogen) atoms. The summed E-state index contributed by atoms with van der Waals surface area (Å²) in [5, 5.41) is 9.26. The Morgan fingerprint density at radius 3 is 2.67 bits per heavy atom. The van der Waals surface area contributed by atoms with Crippen LogP contribution in [-0.2, 0) is 13.0 Å². The topological polar surface area (TPSA) is 45.6 Å². The van der Waals surface area contributed by atoms with Crippen molar-refractivity contribution in [2.75, 3.05) is 14.2 Å². The Bertz CT molecular complexity index is 569. The van der Waals surface area contributed by atoms with Gasteiger partial charge in [0.15, 0.2) is 0 Å². The Labute approximate surface area is 126 Å². The molecule has 1 atom stereocenters. The molecule has 1 N–H and O–H groups in total. The standard InChI is InChI=1S/C17H22N2O2/c1-13(10-14-6-4-5-7-17(14)21-3)19(2)12-15-8-9-16(20)11-18-15/h4-9,11,13,20H,10,12H2,1-3H3. The second-order valence-electron chi connectivity index (χ2n) is 5.29. The maximum Gasteiger partial charge on any atom is 0.133 e. The second kappa shape index (κ2) is 7.09. The highest BCUT2D eigenvalue weighted by Crippen LogP contribution is 2.20. The van der Waals surface area contributed by atoms with Gasteiger partial charge in [0.25, 0.3) is 0 Å². The van der Waals surface area contributed by atoms with Gasteiger partial charge >= 0.3 is 0 Å². The Morgan fingerprint density at radius 1 is 1.24 bits per heavy atom. The minimum Gasteiger partial charge on any atom is -0.506 e. The van der Waals surface area contributed by atoms with Crippen LogP contribution in [-0.4, -0.2) is 35.2 Å². The first-order valence-corrected chi connectivity index (χ1v) is 7.06. The average Bonchev–Trinajstić information content (AvgIpc) is 2.50. The van der Waals surface area contributed by atoms with Gasteiger partial charge in [0.2, 0.25) is 0 Å². The van der Waals surface area contributed by atoms with Gasteiger partial charge in [-0.15, -0.1) is 0 Å². The van der Waals surface area contributed by atoms with Crippen LogP contribution in [0.15, 0.2) is 42.6 Å². The molecule has 4 heteroatoms. The zero-order valence-corrected chi connectivity index (χ0v) is 12.8. The number of ether oxygens (including phenoxy) is 1. The Kier molecular flexibility index (Phi) is 5.17. The molecule has 1 unspecified atom stereocenters. The summed E-state index contributed by atoms with van der Waals surface area (Å²) in [5.41, 5.74) is 2.15. The number of aromatic nitrogens is 1. The zero-order valence-electron chi connectivity index (χ0n) is 12.8. The van der Waals surface area contributed by atoms with Crippen LogP contribution in [0.3, 0.4) is 0 Å². The molecule has 112 valence electrons. The summed E-state index contributed by atoms with van der Waals surface area (Å²) in [6.45, 7) is 2.93. The largest absolute Gasteiger partial charge is 0.506 e. The molecule has 1 heterocycles. The van der Waals surface area contributed by atoms with Crippen LogP contribution in [0.4, 0.5) is 0 Å². The highest BCUT2D eigenvalue weighted by molar-refractivity contribution is 5.33. The van der Waals surface area contributed by atoms with E-state index in [1.807, 2.05) is 24.3 Å². The zero-order chi connectivity index (χ0) is 15.2. The Balaban J connectivity index is 1.99. The van der Waals surface area contributed by atoms with Crippen LogP contribution in [0.5, 0.6) is 11.5 Å². The third-order valence-corrected chi connectivity index (χ3v) is 3.68. The van der Waals surface area contributed by atoms with E-state index in [0.29, 0.717) is 6.04 Å². The molecule has 4 nitrogen and oxygen atoms in total. The van der Waals surface area contributed by atoms with Gasteiger partial charge in [-0.25, -0.2) is 0 Å². The number of para-hydroxylation sites is 1. The molecule has 0 bridgehead atoms. The maximum atomic E-state index is 9.26. The van der Waals surface area contributed by atoms with Crippen molar-refractivity contribution >= 4 is 0 Å². The van der Waals surface area contributed by atoms with Crippen molar-refractivity contribution in [3.63, 3.8) is 0 Å². The Morgan fingerprint density at radius 2 is 2.00 bits per heavy atom. The van der Waals surface area contributed by atoms with E-state index in [0.717, 1.165) is 24.4 Å². The fraction of sp³-hybridized carbons (Fsp3) is 0.353. The molecular weight excluding hydrogens is 264 g/mol. The highest BCUT2D eigenvalue weighted by Gasteiger charge is 2.13. The third kappa shape index (κ3) is 4.20. The average molecular weight is 286 g/mol. The number of nitrogens with zero attached hydrogens (tertiary/aromatic N) is 2. The van der Waals surface area contributed by atoms with Gasteiger partial charge in [0.05, 0.1) is 19.0 Å². The summed E-state index contributed by atoms with van der Waals surface area (Å²) >= 11 is 0. The maximum absolute atomic E-state index is 9.26. The number of hydrogen-bond donors (Lipinski definition) is 1. The summed E-state index contributed by atoms with van der Waals surface area (Å²) in [4.78, 5) is 6.47. The quantitative estimate of drug-likeness (QED) is 0.887. The molecule has 0 saturated heterocycles. The van der Waals surface area contributed by atoms with E-state index < -0.39 is 0 Å². The molecule has 0 aliphatic carbocycles. The SMILES string of the molecule is COc1ccccc1CC(C)N(C)Cc1ccc(O)cn1. The van der Waals surface area contributed by atoms with Gasteiger partial charge in [-0.1, -0.05) is 18.2 Å². The van der Waals surface area contributed by atoms with Crippen LogP contribution in [0.1, 0.15) is 18.2 Å². The lowest BCUT2D eigenvalue weighted by Gasteiger charge is -2.25. The third-order valence-electron chi connectivity index (χ3n) is 3.68. The monoisotopic (exact) mass is 286 g/mol. The van der Waals surface area contributed by atoms with E-state index in [9.17, 15) is 5.11 Å². The second-order valence-corrected chi connectivity index (χ2v) is 5.29. The lowest BCUT2D eigenvalue weighted by molar-refractivity contribution is 0.243. The summed E-state index contributed by atoms with van der Waals surface area (Å²) in [5.74, 6) is 1.13. The molecule has 0 fully saturated rings. The van der Waals surface area contributed by atoms with Crippen molar-refractivity contribution in [1.29, 1.82) is 0 Å². The summed E-state index contributed by atoms with van der Waals surface area (Å²) in [7, 11) is 3.78. The molecule has 0 aliphatic rings. The van der Waals surface area contributed by atoms with E-state index in [4.69, 9.17) is 4.74 Å². The lowest BCUT2D eigenvalue weighted by Crippen LogP contribution is -2.30. The summed E-state index contributed by atoms with van der Waals surface area (Å²) < 4.78 is 5.40. The van der Waals surface area contributed by atoms with E-state index in [1.165, 1.54) is 11.8 Å². The number of rotatable bonds is 6. The lowest BCUT2D eigenvalue weighted by atomic mass is 10.0. The molecule has 2 aromatic rings. The number of hydrogen-bond acceptors (Lipinski definition) is 4. The molecule has 0 radical (unpaired) electrons. The van der Waals surface area contributed by atoms with E-state index in [2.05, 4.69) is 29.9 Å². The molecule has 1 aromatic carbocycles. The van der Waals surface area contributed by atoms with Crippen LogP contribution in [0, 0.1) is 0 Å². The van der Waals surface area contributed by atoms with Crippen LogP contribution >= 0.6 is 0 Å². The van der Waals surface area contributed by atoms with Crippen molar-refractivity contribution in [2.24, 2.45) is 0 Å². The van der Waals surface area contributed by atoms with Crippen molar-refractivity contribution in [3.05, 3.63) is 53.9 Å². The highest BCUT2D eigenvalue weighted by atomic mass is 16.5. The van der Waals surface area contributed by atoms with E-state index >= 15 is 0 Å². The summed E-state index contributed by atoms with van der Waals surface area (Å²) in [6.07, 6.45) is 2.40. The van der Waals surface area contributed by atoms with Crippen molar-refractivity contribution < 1.29 is 9.84 Å². The van der Waals surface area contributed by atoms with Gasteiger partial charge < -0.3 is 9.84 Å². The van der Waals surface area contributed by atoms with Crippen molar-refractivity contribution in [3.8, 4) is 11.5 Å². The molecular formula is C17H22N2O2. The van der Waals surface area contributed by atoms with Gasteiger partial charge in [-0.3, -0.25) is 9.88 Å². The first kappa shape index (κ1) is 15.3. The molecule has 1 aromatic heterocycles. The number of benzene rings is 1. The van der Waals surface area contributed by atoms with Crippen molar-refractivity contribution in [2.45, 2.75) is 25.9 Å². The van der Waals surface area contributed by atoms with Gasteiger partial charge in [0.1, 0.15) is 11.5 Å². The minimum absolute atomic E-state index is 0.198. The first-order valence-electron chi connectivity index (χ1n) is 7.06. The fourth-order valence-corrected chi connectivity index (χ4v) is 2.27. The van der Waals surface area contributed by atoms with E-state index in [-0.39, 0.29) is 5.75 Å². The smallest absolute Gasteiger partial charge is 0.133 e. The molecule has 0 amide bonds.